The molecule has 1 aliphatic heterocycles. The Morgan fingerprint density at radius 3 is 2.68 bits per heavy atom. The molecule has 0 saturated heterocycles. The summed E-state index contributed by atoms with van der Waals surface area (Å²) in [5.74, 6) is 0.295. The predicted molar refractivity (Wildman–Crippen MR) is 172 cm³/mol. The van der Waals surface area contributed by atoms with Gasteiger partial charge >= 0.3 is 5.97 Å². The van der Waals surface area contributed by atoms with Gasteiger partial charge in [-0.1, -0.05) is 37.6 Å². The minimum atomic E-state index is -3.55. The van der Waals surface area contributed by atoms with Gasteiger partial charge in [-0.2, -0.15) is 0 Å². The van der Waals surface area contributed by atoms with Crippen LogP contribution in [0.2, 0.25) is 5.02 Å². The maximum atomic E-state index is 12.0. The number of fused-ring (bicyclic) bond motifs is 3. The number of ether oxygens (including phenoxy) is 2. The second kappa shape index (κ2) is 11.6. The molecule has 0 radical (unpaired) electrons. The lowest BCUT2D eigenvalue weighted by Gasteiger charge is -2.50. The number of benzene rings is 2. The first-order valence-electron chi connectivity index (χ1n) is 15.6. The first kappa shape index (κ1) is 31.4. The molecule has 0 aromatic heterocycles. The molecule has 3 N–H and O–H groups in total. The van der Waals surface area contributed by atoms with E-state index in [1.54, 1.807) is 25.3 Å². The summed E-state index contributed by atoms with van der Waals surface area (Å²) in [5, 5.41) is 15.9. The number of methoxy groups -OCH3 is 1. The lowest BCUT2D eigenvalue weighted by atomic mass is 9.60. The summed E-state index contributed by atoms with van der Waals surface area (Å²) in [4.78, 5) is 14.4. The quantitative estimate of drug-likeness (QED) is 0.331. The molecule has 0 amide bonds. The third-order valence-electron chi connectivity index (χ3n) is 10.9. The molecule has 2 aromatic carbocycles. The molecule has 0 unspecified atom stereocenters. The number of nitrogens with zero attached hydrogens (tertiary/aromatic N) is 1. The number of hydrogen-bond donors (Lipinski definition) is 2. The number of anilines is 1. The van der Waals surface area contributed by atoms with Crippen LogP contribution in [0.5, 0.6) is 5.75 Å². The van der Waals surface area contributed by atoms with Crippen molar-refractivity contribution in [1.82, 2.24) is 0 Å². The number of primary sulfonamides is 1. The van der Waals surface area contributed by atoms with E-state index >= 15 is 0 Å². The van der Waals surface area contributed by atoms with Gasteiger partial charge in [0.15, 0.2) is 0 Å². The van der Waals surface area contributed by atoms with Crippen molar-refractivity contribution in [3.05, 3.63) is 69.8 Å². The number of halogens is 1. The Labute approximate surface area is 265 Å². The van der Waals surface area contributed by atoms with Crippen LogP contribution in [0.4, 0.5) is 5.69 Å². The molecule has 0 bridgehead atoms. The molecule has 4 aliphatic rings. The fraction of sp³-hybridized carbons (Fsp3) is 0.559. The fourth-order valence-electron chi connectivity index (χ4n) is 8.22. The zero-order valence-electron chi connectivity index (χ0n) is 25.7. The van der Waals surface area contributed by atoms with Crippen LogP contribution in [-0.2, 0) is 26.6 Å². The van der Waals surface area contributed by atoms with Gasteiger partial charge in [-0.3, -0.25) is 0 Å². The SMILES string of the molecule is CO[C@@H](C1=C[C@](C)([C@H](C)CS(N)(=O)=O)C1)[C@@H]1CC[C@H]1CN1C[C@@]2(CCCc3cc(Cl)ccc32)COc2ccc(C(=O)O)cc21. The van der Waals surface area contributed by atoms with Crippen molar-refractivity contribution in [3.63, 3.8) is 0 Å². The van der Waals surface area contributed by atoms with Crippen molar-refractivity contribution < 1.29 is 27.8 Å². The Bertz CT molecular complexity index is 1590. The van der Waals surface area contributed by atoms with Crippen molar-refractivity contribution in [2.45, 2.75) is 63.9 Å². The zero-order valence-corrected chi connectivity index (χ0v) is 27.3. The Morgan fingerprint density at radius 1 is 1.25 bits per heavy atom. The minimum absolute atomic E-state index is 0.0388. The Kier molecular flexibility index (Phi) is 8.31. The van der Waals surface area contributed by atoms with Gasteiger partial charge in [0.1, 0.15) is 5.75 Å². The van der Waals surface area contributed by atoms with Crippen LogP contribution in [0, 0.1) is 23.2 Å². The van der Waals surface area contributed by atoms with Gasteiger partial charge in [-0.25, -0.2) is 18.4 Å². The van der Waals surface area contributed by atoms with Gasteiger partial charge in [-0.05, 0) is 109 Å². The van der Waals surface area contributed by atoms with E-state index in [1.807, 2.05) is 13.0 Å². The fourth-order valence-corrected chi connectivity index (χ4v) is 9.50. The van der Waals surface area contributed by atoms with Gasteiger partial charge < -0.3 is 19.5 Å². The number of carbonyl (C=O) groups is 1. The van der Waals surface area contributed by atoms with Crippen molar-refractivity contribution in [3.8, 4) is 5.75 Å². The van der Waals surface area contributed by atoms with Crippen LogP contribution in [0.15, 0.2) is 48.0 Å². The molecule has 6 rings (SSSR count). The summed E-state index contributed by atoms with van der Waals surface area (Å²) >= 11 is 6.40. The monoisotopic (exact) mass is 642 g/mol. The molecule has 2 aromatic rings. The molecule has 238 valence electrons. The number of allylic oxidation sites excluding steroid dienone is 1. The number of aryl methyl sites for hydroxylation is 1. The molecule has 6 atom stereocenters. The normalized spacial score (nSPS) is 29.2. The summed E-state index contributed by atoms with van der Waals surface area (Å²) in [6.45, 7) is 6.06. The van der Waals surface area contributed by atoms with E-state index in [2.05, 4.69) is 30.0 Å². The summed E-state index contributed by atoms with van der Waals surface area (Å²) in [7, 11) is -1.79. The zero-order chi connectivity index (χ0) is 31.4. The highest BCUT2D eigenvalue weighted by molar-refractivity contribution is 7.89. The van der Waals surface area contributed by atoms with Crippen molar-refractivity contribution in [1.29, 1.82) is 0 Å². The van der Waals surface area contributed by atoms with Crippen molar-refractivity contribution in [2.75, 3.05) is 37.5 Å². The Balaban J connectivity index is 1.28. The lowest BCUT2D eigenvalue weighted by Crippen LogP contribution is -2.51. The highest BCUT2D eigenvalue weighted by Crippen LogP contribution is 2.52. The smallest absolute Gasteiger partial charge is 0.335 e. The average molecular weight is 643 g/mol. The largest absolute Gasteiger partial charge is 0.490 e. The van der Waals surface area contributed by atoms with Gasteiger partial charge in [0.05, 0.1) is 29.7 Å². The topological polar surface area (TPSA) is 119 Å². The second-order valence-electron chi connectivity index (χ2n) is 13.9. The molecule has 1 saturated carbocycles. The third-order valence-corrected chi connectivity index (χ3v) is 12.1. The number of carboxylic acid groups (broad SMARTS) is 1. The number of hydrogen-bond acceptors (Lipinski definition) is 6. The Morgan fingerprint density at radius 2 is 2.02 bits per heavy atom. The third kappa shape index (κ3) is 5.88. The molecule has 44 heavy (non-hydrogen) atoms. The van der Waals surface area contributed by atoms with E-state index in [0.717, 1.165) is 62.3 Å². The summed E-state index contributed by atoms with van der Waals surface area (Å²) in [5.41, 5.74) is 4.38. The molecule has 1 fully saturated rings. The maximum absolute atomic E-state index is 12.0. The van der Waals surface area contributed by atoms with Crippen LogP contribution >= 0.6 is 11.6 Å². The molecule has 1 heterocycles. The van der Waals surface area contributed by atoms with E-state index in [-0.39, 0.29) is 34.2 Å². The van der Waals surface area contributed by atoms with Crippen LogP contribution in [-0.4, -0.2) is 58.2 Å². The molecule has 3 aliphatic carbocycles. The standard InChI is InChI=1S/C34H43ClN2O6S/c1-21(18-44(36,40)41)33(2)15-25(16-33)31(42-3)27-9-6-24(27)17-37-19-34(12-4-5-22-13-26(35)8-10-28(22)34)20-43-30-11-7-23(32(38)39)14-29(30)37/h7-8,10-11,13-15,21,24,27,31H,4-6,9,12,16-20H2,1-3H3,(H,38,39)(H2,36,40,41)/t21-,24+,27-,31+,33+,34+/m1/s1. The molecular formula is C34H43ClN2O6S. The molecule has 10 heteroatoms. The Hall–Kier alpha value is -2.59. The second-order valence-corrected chi connectivity index (χ2v) is 16.0. The minimum Gasteiger partial charge on any atom is -0.490 e. The number of sulfonamides is 1. The predicted octanol–water partition coefficient (Wildman–Crippen LogP) is 5.81. The van der Waals surface area contributed by atoms with Crippen LogP contribution in [0.3, 0.4) is 0 Å². The van der Waals surface area contributed by atoms with Gasteiger partial charge in [0.2, 0.25) is 10.0 Å². The van der Waals surface area contributed by atoms with Crippen molar-refractivity contribution >= 4 is 33.3 Å². The van der Waals surface area contributed by atoms with E-state index in [0.29, 0.717) is 24.2 Å². The van der Waals surface area contributed by atoms with E-state index < -0.39 is 16.0 Å². The number of aromatic carboxylic acids is 1. The molecule has 8 nitrogen and oxygen atoms in total. The van der Waals surface area contributed by atoms with Crippen LogP contribution in [0.1, 0.15) is 67.4 Å². The van der Waals surface area contributed by atoms with Crippen LogP contribution < -0.4 is 14.8 Å². The number of rotatable bonds is 9. The summed E-state index contributed by atoms with van der Waals surface area (Å²) in [6.07, 6.45) is 8.06. The lowest BCUT2D eigenvalue weighted by molar-refractivity contribution is -0.00460. The van der Waals surface area contributed by atoms with Gasteiger partial charge in [0, 0.05) is 30.6 Å². The van der Waals surface area contributed by atoms with Crippen molar-refractivity contribution in [2.24, 2.45) is 28.3 Å². The summed E-state index contributed by atoms with van der Waals surface area (Å²) < 4.78 is 36.1. The van der Waals surface area contributed by atoms with Crippen LogP contribution in [0.25, 0.3) is 0 Å². The number of carboxylic acids is 1. The first-order valence-corrected chi connectivity index (χ1v) is 17.7. The van der Waals surface area contributed by atoms with Gasteiger partial charge in [0.25, 0.3) is 0 Å². The molecule has 1 spiro atoms. The van der Waals surface area contributed by atoms with E-state index in [9.17, 15) is 18.3 Å². The summed E-state index contributed by atoms with van der Waals surface area (Å²) in [6, 6.07) is 11.4. The molecular weight excluding hydrogens is 600 g/mol. The number of nitrogens with two attached hydrogens (primary N) is 1. The average Bonchev–Trinajstić information content (AvgIpc) is 3.08. The maximum Gasteiger partial charge on any atom is 0.335 e. The van der Waals surface area contributed by atoms with E-state index in [4.69, 9.17) is 26.2 Å². The highest BCUT2D eigenvalue weighted by atomic mass is 35.5. The highest BCUT2D eigenvalue weighted by Gasteiger charge is 2.48. The van der Waals surface area contributed by atoms with E-state index in [1.165, 1.54) is 16.7 Å². The van der Waals surface area contributed by atoms with Gasteiger partial charge in [-0.15, -0.1) is 0 Å². The first-order chi connectivity index (χ1) is 20.8.